The van der Waals surface area contributed by atoms with Crippen LogP contribution in [0.4, 0.5) is 0 Å². The molecule has 0 bridgehead atoms. The molecule has 0 aliphatic rings. The van der Waals surface area contributed by atoms with Crippen LogP contribution >= 0.6 is 0 Å². The quantitative estimate of drug-likeness (QED) is 0.774. The number of hydrogen-bond donors (Lipinski definition) is 1. The van der Waals surface area contributed by atoms with Gasteiger partial charge in [-0.1, -0.05) is 50.8 Å². The summed E-state index contributed by atoms with van der Waals surface area (Å²) in [6.45, 7) is 2.24. The zero-order chi connectivity index (χ0) is 13.7. The van der Waals surface area contributed by atoms with E-state index < -0.39 is 0 Å². The third-order valence-corrected chi connectivity index (χ3v) is 3.72. The van der Waals surface area contributed by atoms with Crippen LogP contribution in [0.3, 0.4) is 0 Å². The molecule has 2 N–H and O–H groups in total. The number of benzene rings is 1. The fourth-order valence-corrected chi connectivity index (χ4v) is 2.62. The highest BCUT2D eigenvalue weighted by Crippen LogP contribution is 2.19. The molecule has 0 aliphatic carbocycles. The molecular weight excluding hydrogens is 234 g/mol. The molecule has 0 saturated carbocycles. The zero-order valence-electron chi connectivity index (χ0n) is 12.1. The van der Waals surface area contributed by atoms with E-state index in [4.69, 9.17) is 5.73 Å². The van der Waals surface area contributed by atoms with Crippen molar-refractivity contribution in [3.05, 3.63) is 30.0 Å². The van der Waals surface area contributed by atoms with Crippen molar-refractivity contribution >= 4 is 10.9 Å². The van der Waals surface area contributed by atoms with E-state index in [0.717, 1.165) is 18.5 Å². The van der Waals surface area contributed by atoms with Crippen LogP contribution in [0.1, 0.15) is 44.7 Å². The molecule has 2 aromatic rings. The number of aryl methyl sites for hydroxylation is 1. The lowest BCUT2D eigenvalue weighted by Gasteiger charge is -2.09. The molecule has 0 spiro atoms. The largest absolute Gasteiger partial charge is 0.327 e. The minimum Gasteiger partial charge on any atom is -0.327 e. The Balaban J connectivity index is 1.97. The predicted molar refractivity (Wildman–Crippen MR) is 81.2 cm³/mol. The summed E-state index contributed by atoms with van der Waals surface area (Å²) in [5.41, 5.74) is 8.57. The van der Waals surface area contributed by atoms with Crippen molar-refractivity contribution in [2.24, 2.45) is 12.8 Å². The van der Waals surface area contributed by atoms with E-state index in [2.05, 4.69) is 36.3 Å². The fraction of sp³-hybridized carbons (Fsp3) is 0.562. The van der Waals surface area contributed by atoms with Gasteiger partial charge < -0.3 is 5.73 Å². The average molecular weight is 259 g/mol. The Bertz CT molecular complexity index is 516. The molecule has 104 valence electrons. The molecule has 3 nitrogen and oxygen atoms in total. The monoisotopic (exact) mass is 259 g/mol. The number of hydrogen-bond acceptors (Lipinski definition) is 2. The summed E-state index contributed by atoms with van der Waals surface area (Å²) in [6, 6.07) is 8.61. The molecule has 1 atom stereocenters. The molecule has 1 unspecified atom stereocenters. The second kappa shape index (κ2) is 6.71. The summed E-state index contributed by atoms with van der Waals surface area (Å²) < 4.78 is 1.95. The average Bonchev–Trinajstić information content (AvgIpc) is 2.72. The van der Waals surface area contributed by atoms with Crippen LogP contribution in [0.2, 0.25) is 0 Å². The van der Waals surface area contributed by atoms with Crippen LogP contribution in [-0.2, 0) is 13.5 Å². The Kier molecular flexibility index (Phi) is 4.97. The minimum atomic E-state index is 0.232. The molecule has 0 amide bonds. The van der Waals surface area contributed by atoms with Crippen LogP contribution in [0, 0.1) is 0 Å². The summed E-state index contributed by atoms with van der Waals surface area (Å²) in [7, 11) is 2.00. The fourth-order valence-electron chi connectivity index (χ4n) is 2.62. The second-order valence-electron chi connectivity index (χ2n) is 5.40. The second-order valence-corrected chi connectivity index (χ2v) is 5.40. The maximum absolute atomic E-state index is 6.24. The van der Waals surface area contributed by atoms with E-state index in [1.165, 1.54) is 36.6 Å². The Labute approximate surface area is 115 Å². The van der Waals surface area contributed by atoms with Crippen molar-refractivity contribution in [2.75, 3.05) is 0 Å². The SMILES string of the molecule is CCCCCCC(N)Cc1nn(C)c2ccccc12. The zero-order valence-corrected chi connectivity index (χ0v) is 12.1. The van der Waals surface area contributed by atoms with E-state index in [9.17, 15) is 0 Å². The highest BCUT2D eigenvalue weighted by molar-refractivity contribution is 5.81. The number of para-hydroxylation sites is 1. The molecule has 1 heterocycles. The third kappa shape index (κ3) is 3.57. The Hall–Kier alpha value is -1.35. The molecule has 0 radical (unpaired) electrons. The molecule has 1 aromatic carbocycles. The Morgan fingerprint density at radius 3 is 2.79 bits per heavy atom. The van der Waals surface area contributed by atoms with E-state index in [0.29, 0.717) is 0 Å². The van der Waals surface area contributed by atoms with Gasteiger partial charge in [0.25, 0.3) is 0 Å². The molecule has 2 rings (SSSR count). The Morgan fingerprint density at radius 1 is 1.21 bits per heavy atom. The van der Waals surface area contributed by atoms with E-state index in [1.54, 1.807) is 0 Å². The first-order valence-electron chi connectivity index (χ1n) is 7.38. The lowest BCUT2D eigenvalue weighted by Crippen LogP contribution is -2.23. The number of nitrogens with two attached hydrogens (primary N) is 1. The highest BCUT2D eigenvalue weighted by Gasteiger charge is 2.11. The molecular formula is C16H25N3. The maximum atomic E-state index is 6.24. The number of unbranched alkanes of at least 4 members (excludes halogenated alkanes) is 3. The molecule has 0 fully saturated rings. The molecule has 3 heteroatoms. The number of rotatable bonds is 7. The third-order valence-electron chi connectivity index (χ3n) is 3.72. The molecule has 0 saturated heterocycles. The summed E-state index contributed by atoms with van der Waals surface area (Å²) >= 11 is 0. The van der Waals surface area contributed by atoms with Crippen LogP contribution in [0.15, 0.2) is 24.3 Å². The van der Waals surface area contributed by atoms with Crippen molar-refractivity contribution in [3.8, 4) is 0 Å². The number of nitrogens with zero attached hydrogens (tertiary/aromatic N) is 2. The smallest absolute Gasteiger partial charge is 0.0718 e. The first kappa shape index (κ1) is 14.1. The Morgan fingerprint density at radius 2 is 2.00 bits per heavy atom. The predicted octanol–water partition coefficient (Wildman–Crippen LogP) is 3.41. The van der Waals surface area contributed by atoms with Gasteiger partial charge in [-0.15, -0.1) is 0 Å². The van der Waals surface area contributed by atoms with Crippen LogP contribution in [-0.4, -0.2) is 15.8 Å². The van der Waals surface area contributed by atoms with Gasteiger partial charge in [-0.3, -0.25) is 4.68 Å². The van der Waals surface area contributed by atoms with Crippen LogP contribution in [0.5, 0.6) is 0 Å². The van der Waals surface area contributed by atoms with Gasteiger partial charge in [-0.05, 0) is 12.5 Å². The van der Waals surface area contributed by atoms with Crippen molar-refractivity contribution in [2.45, 2.75) is 51.5 Å². The highest BCUT2D eigenvalue weighted by atomic mass is 15.3. The van der Waals surface area contributed by atoms with Gasteiger partial charge >= 0.3 is 0 Å². The molecule has 19 heavy (non-hydrogen) atoms. The minimum absolute atomic E-state index is 0.232. The standard InChI is InChI=1S/C16H25N3/c1-3-4-5-6-9-13(17)12-15-14-10-7-8-11-16(14)19(2)18-15/h7-8,10-11,13H,3-6,9,12,17H2,1-2H3. The number of fused-ring (bicyclic) bond motifs is 1. The van der Waals surface area contributed by atoms with E-state index in [1.807, 2.05) is 11.7 Å². The van der Waals surface area contributed by atoms with E-state index in [-0.39, 0.29) is 6.04 Å². The summed E-state index contributed by atoms with van der Waals surface area (Å²) in [6.07, 6.45) is 7.12. The molecule has 0 aliphatic heterocycles. The first-order valence-corrected chi connectivity index (χ1v) is 7.38. The topological polar surface area (TPSA) is 43.8 Å². The van der Waals surface area contributed by atoms with Crippen molar-refractivity contribution in [3.63, 3.8) is 0 Å². The van der Waals surface area contributed by atoms with Gasteiger partial charge in [-0.25, -0.2) is 0 Å². The van der Waals surface area contributed by atoms with Gasteiger partial charge in [0.2, 0.25) is 0 Å². The van der Waals surface area contributed by atoms with Gasteiger partial charge in [0.1, 0.15) is 0 Å². The van der Waals surface area contributed by atoms with Crippen molar-refractivity contribution < 1.29 is 0 Å². The normalized spacial score (nSPS) is 13.0. The maximum Gasteiger partial charge on any atom is 0.0718 e. The summed E-state index contributed by atoms with van der Waals surface area (Å²) in [5, 5.41) is 5.86. The van der Waals surface area contributed by atoms with Crippen molar-refractivity contribution in [1.29, 1.82) is 0 Å². The van der Waals surface area contributed by atoms with Gasteiger partial charge in [0.15, 0.2) is 0 Å². The summed E-state index contributed by atoms with van der Waals surface area (Å²) in [5.74, 6) is 0. The lowest BCUT2D eigenvalue weighted by atomic mass is 10.0. The van der Waals surface area contributed by atoms with Gasteiger partial charge in [-0.2, -0.15) is 5.10 Å². The van der Waals surface area contributed by atoms with Crippen LogP contribution < -0.4 is 5.73 Å². The number of aromatic nitrogens is 2. The van der Waals surface area contributed by atoms with Gasteiger partial charge in [0, 0.05) is 24.9 Å². The van der Waals surface area contributed by atoms with Crippen molar-refractivity contribution in [1.82, 2.24) is 9.78 Å². The van der Waals surface area contributed by atoms with Gasteiger partial charge in [0.05, 0.1) is 11.2 Å². The first-order chi connectivity index (χ1) is 9.22. The summed E-state index contributed by atoms with van der Waals surface area (Å²) in [4.78, 5) is 0. The van der Waals surface area contributed by atoms with E-state index >= 15 is 0 Å². The van der Waals surface area contributed by atoms with Crippen LogP contribution in [0.25, 0.3) is 10.9 Å². The lowest BCUT2D eigenvalue weighted by molar-refractivity contribution is 0.540. The molecule has 1 aromatic heterocycles.